The molecule has 1 fully saturated rings. The van der Waals surface area contributed by atoms with Crippen molar-refractivity contribution in [2.45, 2.75) is 59.8 Å². The standard InChI is InChI=1S/C16H29NO3/c1-13(2)14(18)12-16(3,4)8-11-20-15(19)17-9-6-5-7-10-17/h13H,5-12H2,1-4H3. The van der Waals surface area contributed by atoms with Crippen LogP contribution in [0.15, 0.2) is 0 Å². The van der Waals surface area contributed by atoms with Gasteiger partial charge in [0.05, 0.1) is 6.61 Å². The lowest BCUT2D eigenvalue weighted by atomic mass is 9.82. The van der Waals surface area contributed by atoms with Crippen LogP contribution in [0.4, 0.5) is 4.79 Å². The number of piperidine rings is 1. The summed E-state index contributed by atoms with van der Waals surface area (Å²) in [6.07, 6.45) is 4.42. The van der Waals surface area contributed by atoms with Gasteiger partial charge in [0.1, 0.15) is 5.78 Å². The molecule has 1 aliphatic rings. The number of Topliss-reactive ketones (excluding diaryl/α,β-unsaturated/α-hetero) is 1. The lowest BCUT2D eigenvalue weighted by Gasteiger charge is -2.28. The average Bonchev–Trinajstić information content (AvgIpc) is 2.38. The zero-order chi connectivity index (χ0) is 15.2. The number of ether oxygens (including phenoxy) is 1. The van der Waals surface area contributed by atoms with Crippen LogP contribution in [-0.4, -0.2) is 36.5 Å². The minimum Gasteiger partial charge on any atom is -0.449 e. The molecule has 0 radical (unpaired) electrons. The molecule has 1 saturated heterocycles. The van der Waals surface area contributed by atoms with Crippen molar-refractivity contribution in [2.75, 3.05) is 19.7 Å². The lowest BCUT2D eigenvalue weighted by molar-refractivity contribution is -0.124. The van der Waals surface area contributed by atoms with Crippen molar-refractivity contribution < 1.29 is 14.3 Å². The van der Waals surface area contributed by atoms with Crippen LogP contribution in [0.2, 0.25) is 0 Å². The number of hydrogen-bond acceptors (Lipinski definition) is 3. The van der Waals surface area contributed by atoms with Gasteiger partial charge in [-0.3, -0.25) is 4.79 Å². The highest BCUT2D eigenvalue weighted by Gasteiger charge is 2.24. The Bertz CT molecular complexity index is 331. The number of ketones is 1. The van der Waals surface area contributed by atoms with Crippen molar-refractivity contribution >= 4 is 11.9 Å². The molecule has 0 bridgehead atoms. The van der Waals surface area contributed by atoms with E-state index in [1.165, 1.54) is 6.42 Å². The minimum absolute atomic E-state index is 0.0742. The number of rotatable bonds is 6. The first-order valence-corrected chi connectivity index (χ1v) is 7.76. The molecule has 1 aliphatic heterocycles. The fourth-order valence-electron chi connectivity index (χ4n) is 2.35. The Labute approximate surface area is 122 Å². The largest absolute Gasteiger partial charge is 0.449 e. The Kier molecular flexibility index (Phi) is 6.50. The van der Waals surface area contributed by atoms with Crippen LogP contribution < -0.4 is 0 Å². The van der Waals surface area contributed by atoms with Crippen molar-refractivity contribution in [1.82, 2.24) is 4.90 Å². The van der Waals surface area contributed by atoms with E-state index < -0.39 is 0 Å². The molecule has 20 heavy (non-hydrogen) atoms. The topological polar surface area (TPSA) is 46.6 Å². The zero-order valence-corrected chi connectivity index (χ0v) is 13.4. The van der Waals surface area contributed by atoms with E-state index in [9.17, 15) is 9.59 Å². The maximum atomic E-state index is 11.9. The molecule has 0 saturated carbocycles. The summed E-state index contributed by atoms with van der Waals surface area (Å²) in [7, 11) is 0. The smallest absolute Gasteiger partial charge is 0.409 e. The zero-order valence-electron chi connectivity index (χ0n) is 13.4. The van der Waals surface area contributed by atoms with Crippen molar-refractivity contribution in [3.8, 4) is 0 Å². The highest BCUT2D eigenvalue weighted by molar-refractivity contribution is 5.80. The van der Waals surface area contributed by atoms with Gasteiger partial charge in [0.2, 0.25) is 0 Å². The molecule has 0 unspecified atom stereocenters. The predicted molar refractivity (Wildman–Crippen MR) is 79.6 cm³/mol. The van der Waals surface area contributed by atoms with Gasteiger partial charge in [0, 0.05) is 25.4 Å². The first-order chi connectivity index (χ1) is 9.32. The molecule has 4 heteroatoms. The monoisotopic (exact) mass is 283 g/mol. The van der Waals surface area contributed by atoms with Crippen molar-refractivity contribution in [3.63, 3.8) is 0 Å². The Balaban J connectivity index is 2.27. The SMILES string of the molecule is CC(C)C(=O)CC(C)(C)CCOC(=O)N1CCCCC1. The fourth-order valence-corrected chi connectivity index (χ4v) is 2.35. The van der Waals surface area contributed by atoms with Crippen LogP contribution in [0, 0.1) is 11.3 Å². The minimum atomic E-state index is -0.198. The molecule has 1 rings (SSSR count). The number of nitrogens with zero attached hydrogens (tertiary/aromatic N) is 1. The van der Waals surface area contributed by atoms with Crippen LogP contribution in [0.25, 0.3) is 0 Å². The number of amides is 1. The average molecular weight is 283 g/mol. The predicted octanol–water partition coefficient (Wildman–Crippen LogP) is 3.64. The first-order valence-electron chi connectivity index (χ1n) is 7.76. The third kappa shape index (κ3) is 5.93. The van der Waals surface area contributed by atoms with E-state index in [1.54, 1.807) is 4.90 Å². The van der Waals surface area contributed by atoms with Gasteiger partial charge in [0.15, 0.2) is 0 Å². The van der Waals surface area contributed by atoms with Crippen molar-refractivity contribution in [1.29, 1.82) is 0 Å². The lowest BCUT2D eigenvalue weighted by Crippen LogP contribution is -2.36. The number of carbonyl (C=O) groups excluding carboxylic acids is 2. The molecule has 0 aromatic carbocycles. The Morgan fingerprint density at radius 1 is 1.15 bits per heavy atom. The van der Waals surface area contributed by atoms with Gasteiger partial charge in [0.25, 0.3) is 0 Å². The van der Waals surface area contributed by atoms with Gasteiger partial charge in [-0.2, -0.15) is 0 Å². The maximum absolute atomic E-state index is 11.9. The van der Waals surface area contributed by atoms with Crippen LogP contribution in [0.3, 0.4) is 0 Å². The third-order valence-corrected chi connectivity index (χ3v) is 3.92. The molecule has 1 heterocycles. The van der Waals surface area contributed by atoms with Crippen LogP contribution in [0.1, 0.15) is 59.8 Å². The van der Waals surface area contributed by atoms with E-state index in [1.807, 2.05) is 13.8 Å². The summed E-state index contributed by atoms with van der Waals surface area (Å²) in [4.78, 5) is 25.4. The maximum Gasteiger partial charge on any atom is 0.409 e. The second kappa shape index (κ2) is 7.65. The van der Waals surface area contributed by atoms with Gasteiger partial charge in [-0.1, -0.05) is 27.7 Å². The highest BCUT2D eigenvalue weighted by atomic mass is 16.6. The highest BCUT2D eigenvalue weighted by Crippen LogP contribution is 2.27. The molecule has 1 amide bonds. The van der Waals surface area contributed by atoms with E-state index >= 15 is 0 Å². The summed E-state index contributed by atoms with van der Waals surface area (Å²) in [5, 5.41) is 0. The van der Waals surface area contributed by atoms with E-state index in [0.29, 0.717) is 13.0 Å². The van der Waals surface area contributed by atoms with Crippen molar-refractivity contribution in [2.24, 2.45) is 11.3 Å². The van der Waals surface area contributed by atoms with Gasteiger partial charge >= 0.3 is 6.09 Å². The van der Waals surface area contributed by atoms with Crippen LogP contribution >= 0.6 is 0 Å². The van der Waals surface area contributed by atoms with E-state index in [2.05, 4.69) is 13.8 Å². The summed E-state index contributed by atoms with van der Waals surface area (Å²) >= 11 is 0. The Hall–Kier alpha value is -1.06. The molecular weight excluding hydrogens is 254 g/mol. The first kappa shape index (κ1) is 17.0. The van der Waals surface area contributed by atoms with Gasteiger partial charge in [-0.05, 0) is 31.1 Å². The van der Waals surface area contributed by atoms with Gasteiger partial charge in [-0.15, -0.1) is 0 Å². The second-order valence-electron chi connectivity index (χ2n) is 6.87. The van der Waals surface area contributed by atoms with E-state index in [0.717, 1.165) is 32.4 Å². The molecule has 4 nitrogen and oxygen atoms in total. The molecule has 0 aliphatic carbocycles. The Morgan fingerprint density at radius 2 is 1.75 bits per heavy atom. The van der Waals surface area contributed by atoms with E-state index in [4.69, 9.17) is 4.74 Å². The second-order valence-corrected chi connectivity index (χ2v) is 6.87. The Morgan fingerprint density at radius 3 is 2.30 bits per heavy atom. The number of hydrogen-bond donors (Lipinski definition) is 0. The van der Waals surface area contributed by atoms with Gasteiger partial charge in [-0.25, -0.2) is 4.79 Å². The molecule has 116 valence electrons. The van der Waals surface area contributed by atoms with Crippen LogP contribution in [0.5, 0.6) is 0 Å². The third-order valence-electron chi connectivity index (χ3n) is 3.92. The fraction of sp³-hybridized carbons (Fsp3) is 0.875. The quantitative estimate of drug-likeness (QED) is 0.747. The molecular formula is C16H29NO3. The molecule has 0 aromatic rings. The molecule has 0 N–H and O–H groups in total. The van der Waals surface area contributed by atoms with Gasteiger partial charge < -0.3 is 9.64 Å². The molecule has 0 atom stereocenters. The normalized spacial score (nSPS) is 16.4. The molecule has 0 spiro atoms. The number of likely N-dealkylation sites (tertiary alicyclic amines) is 1. The van der Waals surface area contributed by atoms with E-state index in [-0.39, 0.29) is 23.2 Å². The van der Waals surface area contributed by atoms with Crippen LogP contribution in [-0.2, 0) is 9.53 Å². The summed E-state index contributed by atoms with van der Waals surface area (Å²) in [6, 6.07) is 0. The summed E-state index contributed by atoms with van der Waals surface area (Å²) in [5.74, 6) is 0.350. The summed E-state index contributed by atoms with van der Waals surface area (Å²) in [5.41, 5.74) is -0.108. The molecule has 0 aromatic heterocycles. The summed E-state index contributed by atoms with van der Waals surface area (Å²) in [6.45, 7) is 9.99. The number of carbonyl (C=O) groups is 2. The van der Waals surface area contributed by atoms with Crippen molar-refractivity contribution in [3.05, 3.63) is 0 Å². The summed E-state index contributed by atoms with van der Waals surface area (Å²) < 4.78 is 5.34.